The average Bonchev–Trinajstić information content (AvgIpc) is 2.23. The van der Waals surface area contributed by atoms with Crippen molar-refractivity contribution >= 4 is 11.8 Å². The van der Waals surface area contributed by atoms with Gasteiger partial charge in [0.15, 0.2) is 0 Å². The molecule has 0 saturated carbocycles. The summed E-state index contributed by atoms with van der Waals surface area (Å²) in [6, 6.07) is 2.53. The second-order valence-corrected chi connectivity index (χ2v) is 5.75. The third-order valence-corrected chi connectivity index (χ3v) is 2.54. The van der Waals surface area contributed by atoms with E-state index in [4.69, 9.17) is 10.5 Å². The van der Waals surface area contributed by atoms with Crippen LogP contribution in [0.4, 0.5) is 23.7 Å². The first kappa shape index (κ1) is 17.1. The van der Waals surface area contributed by atoms with Crippen LogP contribution in [0.2, 0.25) is 0 Å². The predicted molar refractivity (Wildman–Crippen MR) is 73.6 cm³/mol. The maximum absolute atomic E-state index is 12.7. The molecule has 0 saturated heterocycles. The number of nitrogen functional groups attached to an aromatic ring is 1. The number of nitrogens with one attached hydrogen (secondary N) is 1. The van der Waals surface area contributed by atoms with Crippen LogP contribution in [0.1, 0.15) is 44.9 Å². The maximum atomic E-state index is 12.7. The average molecular weight is 304 g/mol. The molecule has 0 bridgehead atoms. The lowest BCUT2D eigenvalue weighted by atomic mass is 10.0. The summed E-state index contributed by atoms with van der Waals surface area (Å²) >= 11 is 0. The van der Waals surface area contributed by atoms with Crippen LogP contribution in [0.15, 0.2) is 18.2 Å². The van der Waals surface area contributed by atoms with E-state index in [1.54, 1.807) is 27.7 Å². The normalized spacial score (nSPS) is 13.7. The molecule has 0 heterocycles. The molecule has 1 rings (SSSR count). The number of rotatable bonds is 2. The Bertz CT molecular complexity index is 522. The van der Waals surface area contributed by atoms with Crippen molar-refractivity contribution in [2.24, 2.45) is 0 Å². The molecule has 3 N–H and O–H groups in total. The first-order valence-electron chi connectivity index (χ1n) is 6.35. The number of carbonyl (C=O) groups is 1. The molecule has 0 aliphatic heterocycles. The molecule has 0 aromatic heterocycles. The molecular formula is C14H19F3N2O2. The standard InChI is InChI=1S/C14H19F3N2O2/c1-8(19-12(20)21-13(2,3)4)9-5-10(14(15,16)17)7-11(18)6-9/h5-8H,18H2,1-4H3,(H,19,20). The summed E-state index contributed by atoms with van der Waals surface area (Å²) in [5.41, 5.74) is 4.19. The number of halogens is 3. The highest BCUT2D eigenvalue weighted by molar-refractivity contribution is 5.68. The minimum absolute atomic E-state index is 0.0161. The van der Waals surface area contributed by atoms with E-state index in [0.29, 0.717) is 0 Å². The summed E-state index contributed by atoms with van der Waals surface area (Å²) in [6.07, 6.45) is -5.19. The Kier molecular flexibility index (Phi) is 4.76. The highest BCUT2D eigenvalue weighted by Crippen LogP contribution is 2.32. The van der Waals surface area contributed by atoms with Gasteiger partial charge >= 0.3 is 12.3 Å². The molecule has 1 aromatic rings. The number of hydrogen-bond acceptors (Lipinski definition) is 3. The molecule has 21 heavy (non-hydrogen) atoms. The molecule has 0 aliphatic carbocycles. The van der Waals surface area contributed by atoms with Crippen LogP contribution in [0.3, 0.4) is 0 Å². The fraction of sp³-hybridized carbons (Fsp3) is 0.500. The third-order valence-electron chi connectivity index (χ3n) is 2.54. The second-order valence-electron chi connectivity index (χ2n) is 5.75. The van der Waals surface area contributed by atoms with Gasteiger partial charge in [0.2, 0.25) is 0 Å². The highest BCUT2D eigenvalue weighted by atomic mass is 19.4. The number of amides is 1. The van der Waals surface area contributed by atoms with E-state index in [2.05, 4.69) is 5.32 Å². The van der Waals surface area contributed by atoms with E-state index in [1.807, 2.05) is 0 Å². The first-order chi connectivity index (χ1) is 9.38. The van der Waals surface area contributed by atoms with E-state index >= 15 is 0 Å². The largest absolute Gasteiger partial charge is 0.444 e. The number of nitrogens with two attached hydrogens (primary N) is 1. The summed E-state index contributed by atoms with van der Waals surface area (Å²) < 4.78 is 43.2. The molecule has 0 radical (unpaired) electrons. The van der Waals surface area contributed by atoms with Gasteiger partial charge in [-0.15, -0.1) is 0 Å². The van der Waals surface area contributed by atoms with Crippen molar-refractivity contribution < 1.29 is 22.7 Å². The first-order valence-corrected chi connectivity index (χ1v) is 6.35. The van der Waals surface area contributed by atoms with Gasteiger partial charge in [0.25, 0.3) is 0 Å². The zero-order chi connectivity index (χ0) is 16.4. The van der Waals surface area contributed by atoms with Gasteiger partial charge in [-0.3, -0.25) is 0 Å². The van der Waals surface area contributed by atoms with E-state index in [9.17, 15) is 18.0 Å². The van der Waals surface area contributed by atoms with Crippen LogP contribution in [0, 0.1) is 0 Å². The van der Waals surface area contributed by atoms with E-state index in [-0.39, 0.29) is 11.3 Å². The Labute approximate surface area is 121 Å². The quantitative estimate of drug-likeness (QED) is 0.815. The van der Waals surface area contributed by atoms with Crippen LogP contribution in [0.5, 0.6) is 0 Å². The summed E-state index contributed by atoms with van der Waals surface area (Å²) in [4.78, 5) is 11.6. The van der Waals surface area contributed by atoms with E-state index in [1.165, 1.54) is 6.07 Å². The van der Waals surface area contributed by atoms with Gasteiger partial charge in [0.1, 0.15) is 5.60 Å². The van der Waals surface area contributed by atoms with Gasteiger partial charge < -0.3 is 15.8 Å². The molecule has 0 spiro atoms. The molecular weight excluding hydrogens is 285 g/mol. The summed E-state index contributed by atoms with van der Waals surface area (Å²) in [5.74, 6) is 0. The minimum Gasteiger partial charge on any atom is -0.444 e. The lowest BCUT2D eigenvalue weighted by Gasteiger charge is -2.22. The van der Waals surface area contributed by atoms with Crippen molar-refractivity contribution in [2.45, 2.75) is 45.5 Å². The van der Waals surface area contributed by atoms with Crippen molar-refractivity contribution in [1.82, 2.24) is 5.32 Å². The van der Waals surface area contributed by atoms with Crippen molar-refractivity contribution in [2.75, 3.05) is 5.73 Å². The highest BCUT2D eigenvalue weighted by Gasteiger charge is 2.31. The Balaban J connectivity index is 2.90. The number of ether oxygens (including phenoxy) is 1. The number of benzene rings is 1. The minimum atomic E-state index is -4.49. The lowest BCUT2D eigenvalue weighted by Crippen LogP contribution is -2.34. The second kappa shape index (κ2) is 5.83. The third kappa shape index (κ3) is 5.53. The molecule has 7 heteroatoms. The number of alkyl halides is 3. The summed E-state index contributed by atoms with van der Waals surface area (Å²) in [5, 5.41) is 2.47. The fourth-order valence-corrected chi connectivity index (χ4v) is 1.66. The Morgan fingerprint density at radius 2 is 1.81 bits per heavy atom. The molecule has 118 valence electrons. The van der Waals surface area contributed by atoms with Crippen LogP contribution in [-0.4, -0.2) is 11.7 Å². The van der Waals surface area contributed by atoms with Gasteiger partial charge in [-0.25, -0.2) is 4.79 Å². The monoisotopic (exact) mass is 304 g/mol. The number of alkyl carbamates (subject to hydrolysis) is 1. The van der Waals surface area contributed by atoms with Gasteiger partial charge in [-0.05, 0) is 51.5 Å². The predicted octanol–water partition coefficient (Wildman–Crippen LogP) is 3.87. The van der Waals surface area contributed by atoms with Gasteiger partial charge in [0, 0.05) is 5.69 Å². The van der Waals surface area contributed by atoms with E-state index < -0.39 is 29.5 Å². The van der Waals surface area contributed by atoms with Crippen LogP contribution < -0.4 is 11.1 Å². The maximum Gasteiger partial charge on any atom is 0.416 e. The fourth-order valence-electron chi connectivity index (χ4n) is 1.66. The Hall–Kier alpha value is -1.92. The summed E-state index contributed by atoms with van der Waals surface area (Å²) in [7, 11) is 0. The van der Waals surface area contributed by atoms with Gasteiger partial charge in [-0.2, -0.15) is 13.2 Å². The molecule has 4 nitrogen and oxygen atoms in total. The zero-order valence-corrected chi connectivity index (χ0v) is 12.3. The van der Waals surface area contributed by atoms with Crippen LogP contribution in [-0.2, 0) is 10.9 Å². The SMILES string of the molecule is CC(NC(=O)OC(C)(C)C)c1cc(N)cc(C(F)(F)F)c1. The van der Waals surface area contributed by atoms with Gasteiger partial charge in [-0.1, -0.05) is 0 Å². The Morgan fingerprint density at radius 3 is 2.29 bits per heavy atom. The van der Waals surface area contributed by atoms with Crippen LogP contribution in [0.25, 0.3) is 0 Å². The molecule has 1 unspecified atom stereocenters. The van der Waals surface area contributed by atoms with Crippen molar-refractivity contribution in [3.05, 3.63) is 29.3 Å². The molecule has 1 amide bonds. The number of hydrogen-bond donors (Lipinski definition) is 2. The smallest absolute Gasteiger partial charge is 0.416 e. The molecule has 1 aromatic carbocycles. The Morgan fingerprint density at radius 1 is 1.24 bits per heavy atom. The number of carbonyl (C=O) groups excluding carboxylic acids is 1. The van der Waals surface area contributed by atoms with Crippen molar-refractivity contribution in [3.63, 3.8) is 0 Å². The molecule has 0 fully saturated rings. The summed E-state index contributed by atoms with van der Waals surface area (Å²) in [6.45, 7) is 6.64. The van der Waals surface area contributed by atoms with Crippen LogP contribution >= 0.6 is 0 Å². The number of anilines is 1. The van der Waals surface area contributed by atoms with E-state index in [0.717, 1.165) is 12.1 Å². The molecule has 1 atom stereocenters. The topological polar surface area (TPSA) is 64.3 Å². The lowest BCUT2D eigenvalue weighted by molar-refractivity contribution is -0.137. The zero-order valence-electron chi connectivity index (χ0n) is 12.3. The van der Waals surface area contributed by atoms with Crippen molar-refractivity contribution in [3.8, 4) is 0 Å². The van der Waals surface area contributed by atoms with Crippen molar-refractivity contribution in [1.29, 1.82) is 0 Å². The molecule has 0 aliphatic rings. The van der Waals surface area contributed by atoms with Gasteiger partial charge in [0.05, 0.1) is 11.6 Å².